The maximum absolute atomic E-state index is 11.9. The molecule has 0 heterocycles. The molecule has 0 aromatic heterocycles. The zero-order valence-electron chi connectivity index (χ0n) is 20.4. The fourth-order valence-corrected chi connectivity index (χ4v) is 3.35. The van der Waals surface area contributed by atoms with Crippen LogP contribution in [0.25, 0.3) is 0 Å². The Morgan fingerprint density at radius 3 is 2.44 bits per heavy atom. The number of nitrogens with two attached hydrogens (primary N) is 1. The molecule has 0 bridgehead atoms. The molecule has 0 saturated carbocycles. The molecule has 0 saturated heterocycles. The molecule has 8 nitrogen and oxygen atoms in total. The molecule has 1 aromatic rings. The second-order valence-electron chi connectivity index (χ2n) is 8.48. The quantitative estimate of drug-likeness (QED) is 0.328. The maximum Gasteiger partial charge on any atom is 0.248 e. The molecule has 8 heteroatoms. The summed E-state index contributed by atoms with van der Waals surface area (Å²) >= 11 is 0. The van der Waals surface area contributed by atoms with Gasteiger partial charge in [0.05, 0.1) is 19.8 Å². The van der Waals surface area contributed by atoms with Gasteiger partial charge in [0.1, 0.15) is 6.10 Å². The summed E-state index contributed by atoms with van der Waals surface area (Å²) in [7, 11) is 4.76. The van der Waals surface area contributed by atoms with Gasteiger partial charge in [0.25, 0.3) is 0 Å². The van der Waals surface area contributed by atoms with Crippen LogP contribution in [-0.2, 0) is 20.7 Å². The fourth-order valence-electron chi connectivity index (χ4n) is 3.35. The van der Waals surface area contributed by atoms with Crippen molar-refractivity contribution < 1.29 is 28.8 Å². The molecule has 1 amide bonds. The van der Waals surface area contributed by atoms with Crippen LogP contribution >= 0.6 is 0 Å². The van der Waals surface area contributed by atoms with Crippen LogP contribution in [0.5, 0.6) is 11.5 Å². The van der Waals surface area contributed by atoms with Crippen molar-refractivity contribution in [3.63, 3.8) is 0 Å². The van der Waals surface area contributed by atoms with E-state index in [0.717, 1.165) is 18.4 Å². The number of amides is 1. The first-order valence-corrected chi connectivity index (χ1v) is 11.3. The first kappa shape index (κ1) is 28.2. The molecule has 0 spiro atoms. The highest BCUT2D eigenvalue weighted by atomic mass is 16.5. The van der Waals surface area contributed by atoms with E-state index < -0.39 is 18.2 Å². The van der Waals surface area contributed by atoms with Crippen molar-refractivity contribution in [1.82, 2.24) is 5.32 Å². The number of benzene rings is 1. The Hall–Kier alpha value is -1.87. The number of carbonyl (C=O) groups excluding carboxylic acids is 1. The Kier molecular flexibility index (Phi) is 13.2. The highest BCUT2D eigenvalue weighted by Crippen LogP contribution is 2.31. The third kappa shape index (κ3) is 9.73. The maximum atomic E-state index is 11.9. The lowest BCUT2D eigenvalue weighted by Gasteiger charge is -2.27. The first-order valence-electron chi connectivity index (χ1n) is 11.3. The lowest BCUT2D eigenvalue weighted by Crippen LogP contribution is -2.46. The lowest BCUT2D eigenvalue weighted by molar-refractivity contribution is -0.130. The van der Waals surface area contributed by atoms with Gasteiger partial charge in [-0.2, -0.15) is 0 Å². The number of methoxy groups -OCH3 is 3. The molecule has 0 radical (unpaired) electrons. The standard InChI is InChI=1S/C24H42N2O6/c1-16(2)19(14-20(25)21(27)15-26-24(28)17(3)30-5)12-18-8-9-22(31-6)23(13-18)32-11-7-10-29-4/h8-9,13,16-17,19-21,27H,7,10-12,14-15,25H2,1-6H3,(H,26,28)/t17-,19-,20-,21-/m0/s1. The van der Waals surface area contributed by atoms with E-state index >= 15 is 0 Å². The van der Waals surface area contributed by atoms with Gasteiger partial charge >= 0.3 is 0 Å². The van der Waals surface area contributed by atoms with Crippen LogP contribution < -0.4 is 20.5 Å². The molecule has 184 valence electrons. The molecular formula is C24H42N2O6. The highest BCUT2D eigenvalue weighted by Gasteiger charge is 2.24. The summed E-state index contributed by atoms with van der Waals surface area (Å²) in [6.07, 6.45) is 0.821. The predicted octanol–water partition coefficient (Wildman–Crippen LogP) is 2.15. The van der Waals surface area contributed by atoms with E-state index in [-0.39, 0.29) is 18.4 Å². The van der Waals surface area contributed by atoms with Crippen molar-refractivity contribution in [1.29, 1.82) is 0 Å². The third-order valence-corrected chi connectivity index (χ3v) is 5.70. The summed E-state index contributed by atoms with van der Waals surface area (Å²) in [4.78, 5) is 11.9. The summed E-state index contributed by atoms with van der Waals surface area (Å²) < 4.78 is 21.4. The number of hydrogen-bond donors (Lipinski definition) is 3. The van der Waals surface area contributed by atoms with Crippen molar-refractivity contribution in [2.75, 3.05) is 41.1 Å². The molecule has 32 heavy (non-hydrogen) atoms. The molecule has 0 aliphatic heterocycles. The largest absolute Gasteiger partial charge is 0.493 e. The van der Waals surface area contributed by atoms with Crippen molar-refractivity contribution in [2.45, 2.75) is 58.3 Å². The summed E-state index contributed by atoms with van der Waals surface area (Å²) in [5, 5.41) is 13.1. The monoisotopic (exact) mass is 454 g/mol. The number of aliphatic hydroxyl groups is 1. The van der Waals surface area contributed by atoms with Gasteiger partial charge in [0.2, 0.25) is 5.91 Å². The molecule has 1 aromatic carbocycles. The van der Waals surface area contributed by atoms with Gasteiger partial charge in [-0.15, -0.1) is 0 Å². The third-order valence-electron chi connectivity index (χ3n) is 5.70. The number of nitrogens with one attached hydrogen (secondary N) is 1. The van der Waals surface area contributed by atoms with Crippen LogP contribution in [0.1, 0.15) is 39.2 Å². The SMILES string of the molecule is COCCCOc1cc(C[C@@H](C[C@H](N)[C@@H](O)CNC(=O)[C@H](C)OC)C(C)C)ccc1OC. The molecule has 4 N–H and O–H groups in total. The summed E-state index contributed by atoms with van der Waals surface area (Å²) in [5.41, 5.74) is 7.41. The second kappa shape index (κ2) is 15.1. The summed E-state index contributed by atoms with van der Waals surface area (Å²) in [6, 6.07) is 5.50. The van der Waals surface area contributed by atoms with Gasteiger partial charge in [0, 0.05) is 39.8 Å². The Morgan fingerprint density at radius 1 is 1.12 bits per heavy atom. The van der Waals surface area contributed by atoms with Gasteiger partial charge < -0.3 is 35.1 Å². The minimum Gasteiger partial charge on any atom is -0.493 e. The minimum absolute atomic E-state index is 0.0977. The van der Waals surface area contributed by atoms with Gasteiger partial charge in [-0.05, 0) is 49.3 Å². The van der Waals surface area contributed by atoms with Crippen LogP contribution in [0.3, 0.4) is 0 Å². The molecule has 4 atom stereocenters. The van der Waals surface area contributed by atoms with Gasteiger partial charge in [-0.3, -0.25) is 4.79 Å². The summed E-state index contributed by atoms with van der Waals surface area (Å²) in [5.74, 6) is 1.76. The van der Waals surface area contributed by atoms with Crippen molar-refractivity contribution in [3.8, 4) is 11.5 Å². The zero-order chi connectivity index (χ0) is 24.1. The Labute approximate surface area is 192 Å². The van der Waals surface area contributed by atoms with E-state index in [2.05, 4.69) is 19.2 Å². The van der Waals surface area contributed by atoms with Gasteiger partial charge in [-0.1, -0.05) is 19.9 Å². The predicted molar refractivity (Wildman–Crippen MR) is 125 cm³/mol. The van der Waals surface area contributed by atoms with Crippen LogP contribution in [-0.4, -0.2) is 70.4 Å². The average Bonchev–Trinajstić information content (AvgIpc) is 2.78. The molecule has 0 fully saturated rings. The Balaban J connectivity index is 2.74. The van der Waals surface area contributed by atoms with Gasteiger partial charge in [-0.25, -0.2) is 0 Å². The topological polar surface area (TPSA) is 112 Å². The first-order chi connectivity index (χ1) is 15.2. The fraction of sp³-hybridized carbons (Fsp3) is 0.708. The van der Waals surface area contributed by atoms with E-state index in [1.54, 1.807) is 21.1 Å². The lowest BCUT2D eigenvalue weighted by atomic mass is 9.83. The molecule has 1 rings (SSSR count). The number of hydrogen-bond acceptors (Lipinski definition) is 7. The van der Waals surface area contributed by atoms with E-state index in [1.807, 2.05) is 18.2 Å². The zero-order valence-corrected chi connectivity index (χ0v) is 20.4. The summed E-state index contributed by atoms with van der Waals surface area (Å²) in [6.45, 7) is 7.24. The number of rotatable bonds is 16. The smallest absolute Gasteiger partial charge is 0.248 e. The Morgan fingerprint density at radius 2 is 1.84 bits per heavy atom. The van der Waals surface area contributed by atoms with Crippen molar-refractivity contribution in [3.05, 3.63) is 23.8 Å². The number of carbonyl (C=O) groups is 1. The second-order valence-corrected chi connectivity index (χ2v) is 8.48. The van der Waals surface area contributed by atoms with E-state index in [1.165, 1.54) is 7.11 Å². The van der Waals surface area contributed by atoms with Crippen LogP contribution in [0, 0.1) is 11.8 Å². The molecule has 0 unspecified atom stereocenters. The highest BCUT2D eigenvalue weighted by molar-refractivity contribution is 5.80. The number of ether oxygens (including phenoxy) is 4. The van der Waals surface area contributed by atoms with Gasteiger partial charge in [0.15, 0.2) is 11.5 Å². The average molecular weight is 455 g/mol. The number of aliphatic hydroxyl groups excluding tert-OH is 1. The van der Waals surface area contributed by atoms with Crippen LogP contribution in [0.2, 0.25) is 0 Å². The minimum atomic E-state index is -0.834. The normalized spacial score (nSPS) is 15.2. The Bertz CT molecular complexity index is 670. The van der Waals surface area contributed by atoms with E-state index in [9.17, 15) is 9.90 Å². The van der Waals surface area contributed by atoms with E-state index in [0.29, 0.717) is 37.1 Å². The van der Waals surface area contributed by atoms with Crippen LogP contribution in [0.4, 0.5) is 0 Å². The van der Waals surface area contributed by atoms with Crippen molar-refractivity contribution >= 4 is 5.91 Å². The molecule has 0 aliphatic carbocycles. The van der Waals surface area contributed by atoms with Crippen LogP contribution in [0.15, 0.2) is 18.2 Å². The molecular weight excluding hydrogens is 412 g/mol. The van der Waals surface area contributed by atoms with E-state index in [4.69, 9.17) is 24.7 Å². The molecule has 0 aliphatic rings. The van der Waals surface area contributed by atoms with Crippen molar-refractivity contribution in [2.24, 2.45) is 17.6 Å².